The molecular weight excluding hydrogens is 486 g/mol. The number of hydrogen-bond acceptors (Lipinski definition) is 6. The molecule has 0 radical (unpaired) electrons. The predicted octanol–water partition coefficient (Wildman–Crippen LogP) is 2.15. The number of hydrogen-bond donors (Lipinski definition) is 1. The highest BCUT2D eigenvalue weighted by Gasteiger charge is 2.74. The quantitative estimate of drug-likeness (QED) is 0.550. The number of ether oxygens (including phenoxy) is 2. The zero-order valence-electron chi connectivity index (χ0n) is 22.5. The van der Waals surface area contributed by atoms with Crippen LogP contribution >= 0.6 is 0 Å². The van der Waals surface area contributed by atoms with Gasteiger partial charge in [-0.15, -0.1) is 0 Å². The first-order valence-electron chi connectivity index (χ1n) is 13.5. The number of rotatable bonds is 7. The van der Waals surface area contributed by atoms with Crippen LogP contribution < -0.4 is 9.64 Å². The lowest BCUT2D eigenvalue weighted by atomic mass is 9.74. The average Bonchev–Trinajstić information content (AvgIpc) is 3.14. The molecule has 4 aliphatic heterocycles. The Labute approximate surface area is 223 Å². The fraction of sp³-hybridized carbons (Fsp3) is 0.552. The van der Waals surface area contributed by atoms with E-state index in [1.165, 1.54) is 4.90 Å². The molecule has 4 heterocycles. The van der Waals surface area contributed by atoms with Gasteiger partial charge in [0.25, 0.3) is 0 Å². The number of fused-ring (bicyclic) bond motifs is 2. The molecule has 1 N–H and O–H groups in total. The molecule has 1 unspecified atom stereocenters. The van der Waals surface area contributed by atoms with E-state index in [2.05, 4.69) is 0 Å². The molecule has 38 heavy (non-hydrogen) atoms. The van der Waals surface area contributed by atoms with Crippen molar-refractivity contribution in [3.05, 3.63) is 48.6 Å². The summed E-state index contributed by atoms with van der Waals surface area (Å²) in [7, 11) is 0. The standard InChI is InChI=1S/C29H37N3O6/c1-5-37-21-11-9-20(10-12-21)31-16-6-13-28(4)22(25(31)34)23-26(35)32(17-8-18-33)24-27(36)30(19(2)3)15-7-14-29(23,24)38-28/h6-7,9-14,19,22-24,33H,5,8,15-18H2,1-4H3/t22-,23+,24?,28+,29+/m1/s1. The molecule has 204 valence electrons. The van der Waals surface area contributed by atoms with Gasteiger partial charge in [0.2, 0.25) is 17.7 Å². The molecule has 9 nitrogen and oxygen atoms in total. The number of carbonyl (C=O) groups excluding carboxylic acids is 3. The van der Waals surface area contributed by atoms with Gasteiger partial charge in [-0.05, 0) is 58.4 Å². The van der Waals surface area contributed by atoms with Crippen LogP contribution in [0.5, 0.6) is 5.75 Å². The lowest BCUT2D eigenvalue weighted by molar-refractivity contribution is -0.152. The van der Waals surface area contributed by atoms with Gasteiger partial charge in [-0.1, -0.05) is 24.3 Å². The molecule has 3 amide bonds. The second-order valence-corrected chi connectivity index (χ2v) is 10.9. The summed E-state index contributed by atoms with van der Waals surface area (Å²) in [6.07, 6.45) is 7.85. The third-order valence-electron chi connectivity index (χ3n) is 8.23. The van der Waals surface area contributed by atoms with Crippen LogP contribution in [-0.2, 0) is 19.1 Å². The molecule has 0 saturated carbocycles. The Balaban J connectivity index is 1.58. The SMILES string of the molecule is CCOc1ccc(N2CC=C[C@]3(C)O[C@]45C=CCN(C(C)C)C(=O)C4N(CCCO)C(=O)[C@@H]5[C@@H]3C2=O)cc1. The largest absolute Gasteiger partial charge is 0.494 e. The first-order chi connectivity index (χ1) is 18.2. The van der Waals surface area contributed by atoms with E-state index < -0.39 is 29.1 Å². The topological polar surface area (TPSA) is 99.6 Å². The summed E-state index contributed by atoms with van der Waals surface area (Å²) >= 11 is 0. The zero-order chi connectivity index (χ0) is 27.2. The van der Waals surface area contributed by atoms with Crippen molar-refractivity contribution in [2.24, 2.45) is 11.8 Å². The van der Waals surface area contributed by atoms with Crippen LogP contribution in [0.3, 0.4) is 0 Å². The highest BCUT2D eigenvalue weighted by atomic mass is 16.5. The fourth-order valence-corrected chi connectivity index (χ4v) is 6.61. The molecule has 5 atom stereocenters. The molecule has 4 aliphatic rings. The number of aliphatic hydroxyl groups excluding tert-OH is 1. The Morgan fingerprint density at radius 2 is 1.74 bits per heavy atom. The molecule has 2 fully saturated rings. The lowest BCUT2D eigenvalue weighted by Crippen LogP contribution is -2.57. The number of aliphatic hydroxyl groups is 1. The van der Waals surface area contributed by atoms with E-state index >= 15 is 0 Å². The maximum atomic E-state index is 14.3. The van der Waals surface area contributed by atoms with Gasteiger partial charge in [-0.3, -0.25) is 14.4 Å². The first kappa shape index (κ1) is 26.4. The number of anilines is 1. The minimum Gasteiger partial charge on any atom is -0.494 e. The highest BCUT2D eigenvalue weighted by molar-refractivity contribution is 6.04. The average molecular weight is 524 g/mol. The third kappa shape index (κ3) is 3.94. The molecule has 5 rings (SSSR count). The number of amides is 3. The number of nitrogens with zero attached hydrogens (tertiary/aromatic N) is 3. The first-order valence-corrected chi connectivity index (χ1v) is 13.5. The summed E-state index contributed by atoms with van der Waals surface area (Å²) in [4.78, 5) is 47.4. The normalized spacial score (nSPS) is 32.4. The molecular formula is C29H37N3O6. The highest BCUT2D eigenvalue weighted by Crippen LogP contribution is 2.57. The maximum Gasteiger partial charge on any atom is 0.249 e. The minimum absolute atomic E-state index is 0.0738. The monoisotopic (exact) mass is 523 g/mol. The van der Waals surface area contributed by atoms with Crippen LogP contribution in [0.2, 0.25) is 0 Å². The second-order valence-electron chi connectivity index (χ2n) is 10.9. The van der Waals surface area contributed by atoms with Crippen molar-refractivity contribution in [3.8, 4) is 5.75 Å². The summed E-state index contributed by atoms with van der Waals surface area (Å²) in [5, 5.41) is 9.54. The van der Waals surface area contributed by atoms with Crippen LogP contribution in [0.25, 0.3) is 0 Å². The molecule has 1 aromatic rings. The van der Waals surface area contributed by atoms with Gasteiger partial charge in [-0.25, -0.2) is 0 Å². The van der Waals surface area contributed by atoms with Gasteiger partial charge in [0.05, 0.1) is 24.0 Å². The Hall–Kier alpha value is -3.17. The van der Waals surface area contributed by atoms with Crippen LogP contribution in [0.1, 0.15) is 34.1 Å². The van der Waals surface area contributed by atoms with Crippen LogP contribution in [-0.4, -0.2) is 88.8 Å². The van der Waals surface area contributed by atoms with E-state index in [9.17, 15) is 19.5 Å². The molecule has 1 aromatic carbocycles. The van der Waals surface area contributed by atoms with E-state index in [-0.39, 0.29) is 36.9 Å². The summed E-state index contributed by atoms with van der Waals surface area (Å²) < 4.78 is 12.4. The Morgan fingerprint density at radius 1 is 1.03 bits per heavy atom. The Morgan fingerprint density at radius 3 is 2.39 bits per heavy atom. The minimum atomic E-state index is -1.28. The van der Waals surface area contributed by atoms with Crippen molar-refractivity contribution in [1.29, 1.82) is 0 Å². The van der Waals surface area contributed by atoms with Gasteiger partial charge < -0.3 is 29.3 Å². The Bertz CT molecular complexity index is 1160. The van der Waals surface area contributed by atoms with Gasteiger partial charge in [-0.2, -0.15) is 0 Å². The van der Waals surface area contributed by atoms with Crippen molar-refractivity contribution in [1.82, 2.24) is 9.80 Å². The number of likely N-dealkylation sites (tertiary alicyclic amines) is 1. The molecule has 0 bridgehead atoms. The lowest BCUT2D eigenvalue weighted by Gasteiger charge is -2.38. The van der Waals surface area contributed by atoms with Gasteiger partial charge in [0.1, 0.15) is 17.4 Å². The van der Waals surface area contributed by atoms with E-state index in [4.69, 9.17) is 9.47 Å². The summed E-state index contributed by atoms with van der Waals surface area (Å²) in [5.74, 6) is -1.68. The molecule has 1 spiro atoms. The van der Waals surface area contributed by atoms with Crippen molar-refractivity contribution >= 4 is 23.4 Å². The summed E-state index contributed by atoms with van der Waals surface area (Å²) in [6, 6.07) is 6.35. The van der Waals surface area contributed by atoms with Crippen molar-refractivity contribution < 1.29 is 29.0 Å². The van der Waals surface area contributed by atoms with E-state index in [0.717, 1.165) is 0 Å². The fourth-order valence-electron chi connectivity index (χ4n) is 6.61. The zero-order valence-corrected chi connectivity index (χ0v) is 22.5. The summed E-state index contributed by atoms with van der Waals surface area (Å²) in [5.41, 5.74) is -1.66. The van der Waals surface area contributed by atoms with Crippen molar-refractivity contribution in [3.63, 3.8) is 0 Å². The van der Waals surface area contributed by atoms with Crippen LogP contribution in [0.15, 0.2) is 48.6 Å². The van der Waals surface area contributed by atoms with Gasteiger partial charge in [0.15, 0.2) is 0 Å². The van der Waals surface area contributed by atoms with Crippen LogP contribution in [0, 0.1) is 11.8 Å². The van der Waals surface area contributed by atoms with Crippen molar-refractivity contribution in [2.75, 3.05) is 37.7 Å². The summed E-state index contributed by atoms with van der Waals surface area (Å²) in [6.45, 7) is 9.02. The van der Waals surface area contributed by atoms with E-state index in [0.29, 0.717) is 37.6 Å². The number of benzene rings is 1. The van der Waals surface area contributed by atoms with E-state index in [1.807, 2.05) is 76.3 Å². The molecule has 0 aromatic heterocycles. The maximum absolute atomic E-state index is 14.3. The van der Waals surface area contributed by atoms with Crippen molar-refractivity contribution in [2.45, 2.75) is 57.4 Å². The van der Waals surface area contributed by atoms with Crippen LogP contribution in [0.4, 0.5) is 5.69 Å². The molecule has 9 heteroatoms. The third-order valence-corrected chi connectivity index (χ3v) is 8.23. The van der Waals surface area contributed by atoms with Gasteiger partial charge >= 0.3 is 0 Å². The molecule has 0 aliphatic carbocycles. The number of carbonyl (C=O) groups is 3. The molecule has 2 saturated heterocycles. The second kappa shape index (κ2) is 9.85. The van der Waals surface area contributed by atoms with Gasteiger partial charge in [0, 0.05) is 38.0 Å². The Kier molecular flexibility index (Phi) is 6.86. The predicted molar refractivity (Wildman–Crippen MR) is 141 cm³/mol. The smallest absolute Gasteiger partial charge is 0.249 e. The van der Waals surface area contributed by atoms with E-state index in [1.54, 1.807) is 9.80 Å².